The molecule has 23 heavy (non-hydrogen) atoms. The topological polar surface area (TPSA) is 75.4 Å². The van der Waals surface area contributed by atoms with Gasteiger partial charge >= 0.3 is 5.97 Å². The number of benzene rings is 1. The first-order valence-electron chi connectivity index (χ1n) is 7.75. The highest BCUT2D eigenvalue weighted by Crippen LogP contribution is 2.31. The summed E-state index contributed by atoms with van der Waals surface area (Å²) < 4.78 is 1.27. The first-order valence-corrected chi connectivity index (χ1v) is 7.75. The van der Waals surface area contributed by atoms with Gasteiger partial charge in [0, 0.05) is 12.7 Å². The van der Waals surface area contributed by atoms with Crippen LogP contribution in [0.3, 0.4) is 0 Å². The van der Waals surface area contributed by atoms with Gasteiger partial charge in [0.2, 0.25) is 0 Å². The Labute approximate surface area is 134 Å². The zero-order chi connectivity index (χ0) is 16.2. The molecule has 1 saturated heterocycles. The number of likely N-dealkylation sites (tertiary alicyclic amines) is 1. The molecule has 0 spiro atoms. The van der Waals surface area contributed by atoms with E-state index in [0.717, 1.165) is 24.8 Å². The summed E-state index contributed by atoms with van der Waals surface area (Å²) in [6.07, 6.45) is 5.98. The van der Waals surface area contributed by atoms with E-state index >= 15 is 0 Å². The van der Waals surface area contributed by atoms with E-state index in [0.29, 0.717) is 12.1 Å². The van der Waals surface area contributed by atoms with E-state index in [-0.39, 0.29) is 18.5 Å². The SMILES string of the molecule is O=C(O)Cn1cc(C(=O)N2CCCCC2c2ccccc2)cn1. The molecule has 1 aliphatic heterocycles. The number of rotatable bonds is 4. The molecule has 0 saturated carbocycles. The molecule has 120 valence electrons. The molecular weight excluding hydrogens is 294 g/mol. The Hall–Kier alpha value is -2.63. The summed E-state index contributed by atoms with van der Waals surface area (Å²) in [6, 6.07) is 10.1. The third-order valence-corrected chi connectivity index (χ3v) is 4.13. The van der Waals surface area contributed by atoms with Gasteiger partial charge in [-0.2, -0.15) is 5.10 Å². The van der Waals surface area contributed by atoms with Crippen molar-refractivity contribution in [1.29, 1.82) is 0 Å². The van der Waals surface area contributed by atoms with Crippen LogP contribution in [0.4, 0.5) is 0 Å². The van der Waals surface area contributed by atoms with Crippen molar-refractivity contribution in [3.8, 4) is 0 Å². The van der Waals surface area contributed by atoms with Gasteiger partial charge in [-0.3, -0.25) is 14.3 Å². The number of carboxylic acid groups (broad SMARTS) is 1. The highest BCUT2D eigenvalue weighted by atomic mass is 16.4. The van der Waals surface area contributed by atoms with Crippen LogP contribution in [0.15, 0.2) is 42.7 Å². The maximum Gasteiger partial charge on any atom is 0.325 e. The second kappa shape index (κ2) is 6.64. The second-order valence-corrected chi connectivity index (χ2v) is 5.74. The number of hydrogen-bond donors (Lipinski definition) is 1. The molecule has 1 amide bonds. The van der Waals surface area contributed by atoms with Crippen molar-refractivity contribution < 1.29 is 14.7 Å². The van der Waals surface area contributed by atoms with Crippen LogP contribution in [-0.2, 0) is 11.3 Å². The van der Waals surface area contributed by atoms with Gasteiger partial charge in [-0.15, -0.1) is 0 Å². The van der Waals surface area contributed by atoms with Crippen molar-refractivity contribution in [1.82, 2.24) is 14.7 Å². The first kappa shape index (κ1) is 15.3. The minimum atomic E-state index is -0.979. The Bertz CT molecular complexity index is 696. The number of carbonyl (C=O) groups excluding carboxylic acids is 1. The van der Waals surface area contributed by atoms with Gasteiger partial charge in [0.05, 0.1) is 17.8 Å². The van der Waals surface area contributed by atoms with Crippen LogP contribution in [0, 0.1) is 0 Å². The van der Waals surface area contributed by atoms with E-state index in [1.54, 1.807) is 0 Å². The smallest absolute Gasteiger partial charge is 0.325 e. The number of aromatic nitrogens is 2. The Balaban J connectivity index is 1.81. The van der Waals surface area contributed by atoms with Crippen molar-refractivity contribution >= 4 is 11.9 Å². The molecule has 1 aromatic heterocycles. The van der Waals surface area contributed by atoms with E-state index in [9.17, 15) is 9.59 Å². The third-order valence-electron chi connectivity index (χ3n) is 4.13. The standard InChI is InChI=1S/C17H19N3O3/c21-16(22)12-19-11-14(10-18-19)17(23)20-9-5-4-8-15(20)13-6-2-1-3-7-13/h1-3,6-7,10-11,15H,4-5,8-9,12H2,(H,21,22). The minimum Gasteiger partial charge on any atom is -0.480 e. The van der Waals surface area contributed by atoms with Crippen LogP contribution in [0.25, 0.3) is 0 Å². The van der Waals surface area contributed by atoms with Gasteiger partial charge in [-0.05, 0) is 24.8 Å². The van der Waals surface area contributed by atoms with Crippen LogP contribution in [0.5, 0.6) is 0 Å². The molecule has 0 radical (unpaired) electrons. The summed E-state index contributed by atoms with van der Waals surface area (Å²) in [5.41, 5.74) is 1.58. The van der Waals surface area contributed by atoms with Gasteiger partial charge in [-0.25, -0.2) is 0 Å². The number of carboxylic acids is 1. The monoisotopic (exact) mass is 313 g/mol. The number of piperidine rings is 1. The van der Waals surface area contributed by atoms with Crippen molar-refractivity contribution in [3.63, 3.8) is 0 Å². The molecule has 1 fully saturated rings. The summed E-state index contributed by atoms with van der Waals surface area (Å²) in [5.74, 6) is -1.07. The van der Waals surface area contributed by atoms with Crippen molar-refractivity contribution in [2.24, 2.45) is 0 Å². The van der Waals surface area contributed by atoms with Gasteiger partial charge in [0.1, 0.15) is 6.54 Å². The predicted octanol–water partition coefficient (Wildman–Crippen LogP) is 2.34. The van der Waals surface area contributed by atoms with E-state index in [2.05, 4.69) is 5.10 Å². The van der Waals surface area contributed by atoms with E-state index in [4.69, 9.17) is 5.11 Å². The molecule has 1 aromatic carbocycles. The zero-order valence-corrected chi connectivity index (χ0v) is 12.8. The molecule has 0 bridgehead atoms. The lowest BCUT2D eigenvalue weighted by Crippen LogP contribution is -2.38. The van der Waals surface area contributed by atoms with Crippen LogP contribution < -0.4 is 0 Å². The molecule has 1 atom stereocenters. The summed E-state index contributed by atoms with van der Waals surface area (Å²) in [5, 5.41) is 12.8. The Morgan fingerprint density at radius 1 is 1.22 bits per heavy atom. The molecule has 2 aromatic rings. The zero-order valence-electron chi connectivity index (χ0n) is 12.8. The van der Waals surface area contributed by atoms with Crippen molar-refractivity contribution in [2.45, 2.75) is 31.8 Å². The van der Waals surface area contributed by atoms with Gasteiger partial charge in [0.25, 0.3) is 5.91 Å². The summed E-state index contributed by atoms with van der Waals surface area (Å²) >= 11 is 0. The maximum absolute atomic E-state index is 12.8. The van der Waals surface area contributed by atoms with Gasteiger partial charge < -0.3 is 10.0 Å². The summed E-state index contributed by atoms with van der Waals surface area (Å²) in [6.45, 7) is 0.470. The lowest BCUT2D eigenvalue weighted by molar-refractivity contribution is -0.137. The highest BCUT2D eigenvalue weighted by Gasteiger charge is 2.29. The fourth-order valence-corrected chi connectivity index (χ4v) is 3.06. The molecule has 6 heteroatoms. The quantitative estimate of drug-likeness (QED) is 0.940. The highest BCUT2D eigenvalue weighted by molar-refractivity contribution is 5.94. The minimum absolute atomic E-state index is 0.0697. The van der Waals surface area contributed by atoms with Crippen LogP contribution in [0.1, 0.15) is 41.2 Å². The van der Waals surface area contributed by atoms with Gasteiger partial charge in [-0.1, -0.05) is 30.3 Å². The molecule has 1 N–H and O–H groups in total. The molecule has 1 unspecified atom stereocenters. The molecule has 2 heterocycles. The Morgan fingerprint density at radius 3 is 2.74 bits per heavy atom. The average Bonchev–Trinajstić information content (AvgIpc) is 3.03. The number of hydrogen-bond acceptors (Lipinski definition) is 3. The lowest BCUT2D eigenvalue weighted by atomic mass is 9.95. The van der Waals surface area contributed by atoms with Crippen LogP contribution >= 0.6 is 0 Å². The maximum atomic E-state index is 12.8. The Kier molecular flexibility index (Phi) is 4.41. The number of carbonyl (C=O) groups is 2. The molecule has 1 aliphatic rings. The molecular formula is C17H19N3O3. The largest absolute Gasteiger partial charge is 0.480 e. The van der Waals surface area contributed by atoms with Crippen LogP contribution in [-0.4, -0.2) is 38.2 Å². The fourth-order valence-electron chi connectivity index (χ4n) is 3.06. The van der Waals surface area contributed by atoms with Crippen molar-refractivity contribution in [3.05, 3.63) is 53.9 Å². The van der Waals surface area contributed by atoms with Crippen LogP contribution in [0.2, 0.25) is 0 Å². The number of aliphatic carboxylic acids is 1. The van der Waals surface area contributed by atoms with Gasteiger partial charge in [0.15, 0.2) is 0 Å². The molecule has 0 aliphatic carbocycles. The third kappa shape index (κ3) is 3.41. The van der Waals surface area contributed by atoms with E-state index < -0.39 is 5.97 Å². The number of nitrogens with zero attached hydrogens (tertiary/aromatic N) is 3. The van der Waals surface area contributed by atoms with Crippen molar-refractivity contribution in [2.75, 3.05) is 6.54 Å². The fraction of sp³-hybridized carbons (Fsp3) is 0.353. The lowest BCUT2D eigenvalue weighted by Gasteiger charge is -2.36. The molecule has 3 rings (SSSR count). The summed E-state index contributed by atoms with van der Waals surface area (Å²) in [7, 11) is 0. The number of amides is 1. The summed E-state index contributed by atoms with van der Waals surface area (Å²) in [4.78, 5) is 25.4. The first-order chi connectivity index (χ1) is 11.1. The van der Waals surface area contributed by atoms with E-state index in [1.807, 2.05) is 35.2 Å². The Morgan fingerprint density at radius 2 is 2.00 bits per heavy atom. The normalized spacial score (nSPS) is 17.9. The average molecular weight is 313 g/mol. The van der Waals surface area contributed by atoms with E-state index in [1.165, 1.54) is 17.1 Å². The predicted molar refractivity (Wildman–Crippen MR) is 83.9 cm³/mol. The molecule has 6 nitrogen and oxygen atoms in total. The second-order valence-electron chi connectivity index (χ2n) is 5.74.